The Bertz CT molecular complexity index is 1360. The lowest BCUT2D eigenvalue weighted by molar-refractivity contribution is -0.116. The number of anilines is 1. The lowest BCUT2D eigenvalue weighted by atomic mass is 10.0. The molecule has 1 amide bonds. The molecule has 1 aliphatic heterocycles. The molecule has 36 heavy (non-hydrogen) atoms. The van der Waals surface area contributed by atoms with Crippen molar-refractivity contribution in [1.29, 1.82) is 0 Å². The number of amides is 1. The van der Waals surface area contributed by atoms with Crippen LogP contribution in [0.4, 0.5) is 14.5 Å². The van der Waals surface area contributed by atoms with Gasteiger partial charge in [0.05, 0.1) is 17.8 Å². The predicted molar refractivity (Wildman–Crippen MR) is 138 cm³/mol. The van der Waals surface area contributed by atoms with Crippen LogP contribution in [0.2, 0.25) is 0 Å². The van der Waals surface area contributed by atoms with Gasteiger partial charge in [-0.25, -0.2) is 8.78 Å². The number of benzene rings is 2. The second-order valence-electron chi connectivity index (χ2n) is 8.40. The van der Waals surface area contributed by atoms with Crippen LogP contribution in [0.3, 0.4) is 0 Å². The molecule has 0 aliphatic carbocycles. The highest BCUT2D eigenvalue weighted by atomic mass is 32.1. The van der Waals surface area contributed by atoms with Gasteiger partial charge >= 0.3 is 0 Å². The van der Waals surface area contributed by atoms with Gasteiger partial charge < -0.3 is 20.1 Å². The second-order valence-corrected chi connectivity index (χ2v) is 8.79. The molecule has 2 aromatic heterocycles. The van der Waals surface area contributed by atoms with E-state index in [1.807, 2.05) is 46.0 Å². The molecule has 0 saturated carbocycles. The Kier molecular flexibility index (Phi) is 6.73. The summed E-state index contributed by atoms with van der Waals surface area (Å²) in [7, 11) is 0. The van der Waals surface area contributed by atoms with Gasteiger partial charge in [-0.05, 0) is 85.0 Å². The summed E-state index contributed by atoms with van der Waals surface area (Å²) in [5.41, 5.74) is 3.07. The number of rotatable bonds is 7. The van der Waals surface area contributed by atoms with E-state index in [4.69, 9.17) is 12.2 Å². The highest BCUT2D eigenvalue weighted by Gasteiger charge is 2.41. The van der Waals surface area contributed by atoms with E-state index in [-0.39, 0.29) is 36.0 Å². The van der Waals surface area contributed by atoms with Crippen molar-refractivity contribution in [2.24, 2.45) is 0 Å². The molecule has 0 bridgehead atoms. The van der Waals surface area contributed by atoms with E-state index < -0.39 is 0 Å². The first kappa shape index (κ1) is 23.6. The van der Waals surface area contributed by atoms with Crippen molar-refractivity contribution in [3.05, 3.63) is 114 Å². The number of carbonyl (C=O) groups is 1. The Balaban J connectivity index is 1.43. The Morgan fingerprint density at radius 3 is 2.39 bits per heavy atom. The van der Waals surface area contributed by atoms with Gasteiger partial charge in [-0.3, -0.25) is 9.78 Å². The quantitative estimate of drug-likeness (QED) is 0.342. The summed E-state index contributed by atoms with van der Waals surface area (Å²) in [5, 5.41) is 6.68. The topological polar surface area (TPSA) is 62.2 Å². The van der Waals surface area contributed by atoms with Crippen molar-refractivity contribution in [2.45, 2.75) is 18.5 Å². The SMILES string of the molecule is O=C(CCN1C(=S)N[C@@H](c2ccccn2)[C@H]1c1cccn1-c1ccc(F)cc1)Nc1ccc(F)cc1. The molecule has 2 aromatic carbocycles. The number of halogens is 2. The smallest absolute Gasteiger partial charge is 0.226 e. The lowest BCUT2D eigenvalue weighted by Gasteiger charge is -2.28. The molecule has 9 heteroatoms. The maximum atomic E-state index is 13.6. The zero-order valence-electron chi connectivity index (χ0n) is 19.1. The molecule has 6 nitrogen and oxygen atoms in total. The number of hydrogen-bond donors (Lipinski definition) is 2. The van der Waals surface area contributed by atoms with Gasteiger partial charge in [-0.2, -0.15) is 0 Å². The molecule has 4 aromatic rings. The first-order chi connectivity index (χ1) is 17.5. The minimum atomic E-state index is -0.367. The molecule has 0 radical (unpaired) electrons. The van der Waals surface area contributed by atoms with E-state index in [0.717, 1.165) is 17.1 Å². The van der Waals surface area contributed by atoms with E-state index in [9.17, 15) is 13.6 Å². The average Bonchev–Trinajstić information content (AvgIpc) is 3.49. The van der Waals surface area contributed by atoms with Crippen molar-refractivity contribution in [3.63, 3.8) is 0 Å². The molecular weight excluding hydrogens is 480 g/mol. The van der Waals surface area contributed by atoms with Crippen molar-refractivity contribution >= 4 is 28.9 Å². The summed E-state index contributed by atoms with van der Waals surface area (Å²) < 4.78 is 28.7. The van der Waals surface area contributed by atoms with Crippen LogP contribution in [-0.2, 0) is 4.79 Å². The van der Waals surface area contributed by atoms with E-state index in [2.05, 4.69) is 15.6 Å². The number of carbonyl (C=O) groups excluding carboxylic acids is 1. The van der Waals surface area contributed by atoms with E-state index in [1.165, 1.54) is 36.4 Å². The van der Waals surface area contributed by atoms with Gasteiger partial charge in [0, 0.05) is 42.4 Å². The highest BCUT2D eigenvalue weighted by Crippen LogP contribution is 2.39. The van der Waals surface area contributed by atoms with Crippen LogP contribution < -0.4 is 10.6 Å². The van der Waals surface area contributed by atoms with Crippen LogP contribution in [0.1, 0.15) is 29.9 Å². The number of hydrogen-bond acceptors (Lipinski definition) is 3. The summed E-state index contributed by atoms with van der Waals surface area (Å²) in [6.07, 6.45) is 3.82. The molecule has 1 aliphatic rings. The molecule has 1 saturated heterocycles. The third kappa shape index (κ3) is 4.96. The normalized spacial score (nSPS) is 17.2. The summed E-state index contributed by atoms with van der Waals surface area (Å²) in [6.45, 7) is 0.349. The fourth-order valence-electron chi connectivity index (χ4n) is 4.42. The summed E-state index contributed by atoms with van der Waals surface area (Å²) in [5.74, 6) is -0.885. The minimum absolute atomic E-state index is 0.169. The van der Waals surface area contributed by atoms with Crippen LogP contribution in [0.15, 0.2) is 91.3 Å². The van der Waals surface area contributed by atoms with Gasteiger partial charge in [0.2, 0.25) is 5.91 Å². The van der Waals surface area contributed by atoms with Crippen LogP contribution >= 0.6 is 12.2 Å². The molecule has 0 unspecified atom stereocenters. The van der Waals surface area contributed by atoms with Crippen LogP contribution in [0, 0.1) is 11.6 Å². The molecule has 5 rings (SSSR count). The first-order valence-corrected chi connectivity index (χ1v) is 11.9. The Hall–Kier alpha value is -4.11. The molecule has 182 valence electrons. The molecule has 0 spiro atoms. The molecule has 3 heterocycles. The highest BCUT2D eigenvalue weighted by molar-refractivity contribution is 7.80. The summed E-state index contributed by atoms with van der Waals surface area (Å²) in [4.78, 5) is 19.2. The van der Waals surface area contributed by atoms with Crippen LogP contribution in [0.25, 0.3) is 5.69 Å². The lowest BCUT2D eigenvalue weighted by Crippen LogP contribution is -2.33. The van der Waals surface area contributed by atoms with Crippen molar-refractivity contribution < 1.29 is 13.6 Å². The number of nitrogens with zero attached hydrogens (tertiary/aromatic N) is 3. The van der Waals surface area contributed by atoms with Gasteiger partial charge in [0.25, 0.3) is 0 Å². The molecule has 1 fully saturated rings. The molecular formula is C27H23F2N5OS. The monoisotopic (exact) mass is 503 g/mol. The second kappa shape index (κ2) is 10.2. The zero-order valence-corrected chi connectivity index (χ0v) is 20.0. The first-order valence-electron chi connectivity index (χ1n) is 11.5. The Labute approximate surface area is 212 Å². The Morgan fingerprint density at radius 1 is 0.972 bits per heavy atom. The van der Waals surface area contributed by atoms with Gasteiger partial charge in [-0.15, -0.1) is 0 Å². The number of pyridine rings is 1. The third-order valence-corrected chi connectivity index (χ3v) is 6.45. The molecule has 2 N–H and O–H groups in total. The van der Waals surface area contributed by atoms with Crippen molar-refractivity contribution in [3.8, 4) is 5.69 Å². The van der Waals surface area contributed by atoms with Gasteiger partial charge in [0.15, 0.2) is 5.11 Å². The van der Waals surface area contributed by atoms with Gasteiger partial charge in [0.1, 0.15) is 11.6 Å². The maximum absolute atomic E-state index is 13.6. The van der Waals surface area contributed by atoms with Gasteiger partial charge in [-0.1, -0.05) is 6.07 Å². The fraction of sp³-hybridized carbons (Fsp3) is 0.148. The maximum Gasteiger partial charge on any atom is 0.226 e. The van der Waals surface area contributed by atoms with E-state index in [0.29, 0.717) is 17.3 Å². The number of nitrogens with one attached hydrogen (secondary N) is 2. The number of aromatic nitrogens is 2. The predicted octanol–water partition coefficient (Wildman–Crippen LogP) is 5.15. The van der Waals surface area contributed by atoms with E-state index >= 15 is 0 Å². The number of thiocarbonyl (C=S) groups is 1. The summed E-state index contributed by atoms with van der Waals surface area (Å²) in [6, 6.07) is 21.0. The fourth-order valence-corrected chi connectivity index (χ4v) is 4.75. The zero-order chi connectivity index (χ0) is 25.1. The standard InChI is InChI=1S/C27H23F2N5OS/c28-18-6-10-20(11-7-18)31-24(35)14-17-34-26(25(32-27(34)36)22-4-1-2-15-30-22)23-5-3-16-33(23)21-12-8-19(29)9-13-21/h1-13,15-16,25-26H,14,17H2,(H,31,35)(H,32,36)/t25-,26+/m0/s1. The largest absolute Gasteiger partial charge is 0.352 e. The molecule has 2 atom stereocenters. The average molecular weight is 504 g/mol. The van der Waals surface area contributed by atoms with Crippen LogP contribution in [-0.4, -0.2) is 32.0 Å². The summed E-state index contributed by atoms with van der Waals surface area (Å²) >= 11 is 5.70. The third-order valence-electron chi connectivity index (χ3n) is 6.09. The Morgan fingerprint density at radius 2 is 1.69 bits per heavy atom. The van der Waals surface area contributed by atoms with E-state index in [1.54, 1.807) is 18.3 Å². The van der Waals surface area contributed by atoms with Crippen molar-refractivity contribution in [2.75, 3.05) is 11.9 Å². The van der Waals surface area contributed by atoms with Crippen molar-refractivity contribution in [1.82, 2.24) is 19.8 Å². The van der Waals surface area contributed by atoms with Crippen LogP contribution in [0.5, 0.6) is 0 Å². The minimum Gasteiger partial charge on any atom is -0.352 e.